The van der Waals surface area contributed by atoms with Gasteiger partial charge in [0.15, 0.2) is 0 Å². The highest BCUT2D eigenvalue weighted by atomic mass is 16.5. The predicted octanol–water partition coefficient (Wildman–Crippen LogP) is 7.26. The lowest BCUT2D eigenvalue weighted by Gasteiger charge is -2.39. The smallest absolute Gasteiger partial charge is 0.407 e. The molecule has 3 aromatic carbocycles. The number of aromatic amines is 2. The zero-order valence-corrected chi connectivity index (χ0v) is 36.4. The van der Waals surface area contributed by atoms with Crippen LogP contribution in [0.2, 0.25) is 0 Å². The number of nitrogens with zero attached hydrogens (tertiary/aromatic N) is 4. The number of hydrogen-bond acceptors (Lipinski definition) is 9. The Labute approximate surface area is 366 Å². The van der Waals surface area contributed by atoms with Gasteiger partial charge in [-0.3, -0.25) is 9.59 Å². The molecule has 15 nitrogen and oxygen atoms in total. The fraction of sp³-hybridized carbons (Fsp3) is 0.500. The molecule has 2 saturated carbocycles. The lowest BCUT2D eigenvalue weighted by molar-refractivity contribution is -0.140. The first-order chi connectivity index (χ1) is 30.5. The van der Waals surface area contributed by atoms with Crippen LogP contribution in [0.25, 0.3) is 44.2 Å². The van der Waals surface area contributed by atoms with Gasteiger partial charge in [-0.2, -0.15) is 0 Å². The molecule has 2 aromatic heterocycles. The molecule has 3 saturated heterocycles. The first-order valence-electron chi connectivity index (χ1n) is 22.5. The zero-order chi connectivity index (χ0) is 43.7. The quantitative estimate of drug-likeness (QED) is 0.112. The number of likely N-dealkylation sites (tertiary alicyclic amines) is 2. The summed E-state index contributed by atoms with van der Waals surface area (Å²) in [5, 5.41) is 7.73. The van der Waals surface area contributed by atoms with Crippen molar-refractivity contribution in [2.24, 2.45) is 29.6 Å². The monoisotopic (exact) mass is 856 g/mol. The van der Waals surface area contributed by atoms with E-state index in [-0.39, 0.29) is 47.8 Å². The summed E-state index contributed by atoms with van der Waals surface area (Å²) >= 11 is 0. The molecule has 9 unspecified atom stereocenters. The van der Waals surface area contributed by atoms with Crippen LogP contribution in [0.3, 0.4) is 0 Å². The average molecular weight is 857 g/mol. The minimum absolute atomic E-state index is 0.0263. The highest BCUT2D eigenvalue weighted by Gasteiger charge is 2.61. The molecule has 9 atom stereocenters. The number of H-pyrrole nitrogens is 2. The van der Waals surface area contributed by atoms with Crippen molar-refractivity contribution in [1.29, 1.82) is 0 Å². The van der Waals surface area contributed by atoms with Gasteiger partial charge >= 0.3 is 12.2 Å². The molecule has 4 N–H and O–H groups in total. The van der Waals surface area contributed by atoms with Crippen LogP contribution in [0.4, 0.5) is 9.59 Å². The van der Waals surface area contributed by atoms with Gasteiger partial charge in [0.1, 0.15) is 23.7 Å². The van der Waals surface area contributed by atoms with E-state index in [2.05, 4.69) is 82.1 Å². The number of aromatic nitrogens is 4. The Balaban J connectivity index is 0.869. The number of ether oxygens (including phenoxy) is 3. The standard InChI is InChI=1S/C48H56N8O7/c1-24(2)38(53-47(59)61-4)45(57)56-37(22-34-25(3)41(34)56)43-50-35-15-12-30-20-29(11-14-33(30)40(35)52-43)26-6-8-27(9-7-26)36-23-49-44(51-36)42-31-10-13-32(21-31)55(42)46(58)39(54-48(60)62-5)28-16-18-63-19-17-28/h6-9,11-12,14-15,20,23-25,28,31-32,34,37-39,41-42H,10,13,16-19,21-22H2,1-5H3,(H,49,51)(H,50,52)(H,53,59)(H,54,60). The molecule has 0 spiro atoms. The summed E-state index contributed by atoms with van der Waals surface area (Å²) < 4.78 is 15.4. The van der Waals surface area contributed by atoms with Crippen molar-refractivity contribution in [2.45, 2.75) is 95.5 Å². The number of rotatable bonds is 10. The molecule has 5 fully saturated rings. The van der Waals surface area contributed by atoms with Crippen LogP contribution in [-0.4, -0.2) is 105 Å². The molecule has 5 heterocycles. The van der Waals surface area contributed by atoms with Gasteiger partial charge < -0.3 is 44.6 Å². The molecule has 10 rings (SSSR count). The third-order valence-corrected chi connectivity index (χ3v) is 14.8. The molecule has 15 heteroatoms. The molecule has 4 amide bonds. The van der Waals surface area contributed by atoms with Crippen LogP contribution in [0.1, 0.15) is 83.0 Å². The van der Waals surface area contributed by atoms with Crippen LogP contribution in [0.15, 0.2) is 60.8 Å². The Hall–Kier alpha value is -5.96. The maximum absolute atomic E-state index is 14.4. The number of alkyl carbamates (subject to hydrolysis) is 2. The van der Waals surface area contributed by atoms with Crippen LogP contribution < -0.4 is 10.6 Å². The Morgan fingerprint density at radius 3 is 2.29 bits per heavy atom. The second kappa shape index (κ2) is 16.3. The van der Waals surface area contributed by atoms with Gasteiger partial charge in [-0.05, 0) is 102 Å². The number of nitrogens with one attached hydrogen (secondary N) is 4. The Morgan fingerprint density at radius 1 is 0.810 bits per heavy atom. The minimum Gasteiger partial charge on any atom is -0.453 e. The number of hydrogen-bond donors (Lipinski definition) is 4. The highest BCUT2D eigenvalue weighted by Crippen LogP contribution is 2.58. The van der Waals surface area contributed by atoms with Gasteiger partial charge in [-0.1, -0.05) is 63.2 Å². The van der Waals surface area contributed by atoms with E-state index in [0.717, 1.165) is 81.5 Å². The number of fused-ring (bicyclic) bond motifs is 6. The van der Waals surface area contributed by atoms with Crippen LogP contribution in [-0.2, 0) is 23.8 Å². The zero-order valence-electron chi connectivity index (χ0n) is 36.4. The third kappa shape index (κ3) is 7.27. The van der Waals surface area contributed by atoms with E-state index in [0.29, 0.717) is 43.8 Å². The van der Waals surface area contributed by atoms with E-state index in [1.165, 1.54) is 14.2 Å². The molecular weight excluding hydrogens is 801 g/mol. The van der Waals surface area contributed by atoms with E-state index in [1.54, 1.807) is 0 Å². The number of carbonyl (C=O) groups is 4. The van der Waals surface area contributed by atoms with Crippen molar-refractivity contribution in [3.05, 3.63) is 72.4 Å². The van der Waals surface area contributed by atoms with Crippen LogP contribution in [0, 0.1) is 29.6 Å². The summed E-state index contributed by atoms with van der Waals surface area (Å²) in [5.41, 5.74) is 5.79. The lowest BCUT2D eigenvalue weighted by atomic mass is 9.89. The molecule has 2 aliphatic carbocycles. The Bertz CT molecular complexity index is 2560. The minimum atomic E-state index is -0.698. The topological polar surface area (TPSA) is 184 Å². The largest absolute Gasteiger partial charge is 0.453 e. The molecular formula is C48H56N8O7. The Kier molecular flexibility index (Phi) is 10.6. The lowest BCUT2D eigenvalue weighted by Crippen LogP contribution is -2.55. The van der Waals surface area contributed by atoms with Gasteiger partial charge in [0.25, 0.3) is 0 Å². The fourth-order valence-corrected chi connectivity index (χ4v) is 11.4. The average Bonchev–Trinajstić information content (AvgIpc) is 4.04. The highest BCUT2D eigenvalue weighted by molar-refractivity contribution is 6.05. The summed E-state index contributed by atoms with van der Waals surface area (Å²) in [4.78, 5) is 74.2. The van der Waals surface area contributed by atoms with Crippen molar-refractivity contribution in [3.63, 3.8) is 0 Å². The molecule has 330 valence electrons. The molecule has 2 bridgehead atoms. The Morgan fingerprint density at radius 2 is 1.54 bits per heavy atom. The predicted molar refractivity (Wildman–Crippen MR) is 235 cm³/mol. The van der Waals surface area contributed by atoms with E-state index < -0.39 is 24.3 Å². The van der Waals surface area contributed by atoms with Gasteiger partial charge in [-0.15, -0.1) is 0 Å². The molecule has 3 aliphatic heterocycles. The van der Waals surface area contributed by atoms with Gasteiger partial charge in [-0.25, -0.2) is 19.6 Å². The fourth-order valence-electron chi connectivity index (χ4n) is 11.4. The van der Waals surface area contributed by atoms with Crippen molar-refractivity contribution in [2.75, 3.05) is 27.4 Å². The maximum atomic E-state index is 14.4. The van der Waals surface area contributed by atoms with Crippen molar-refractivity contribution < 1.29 is 33.4 Å². The van der Waals surface area contributed by atoms with Crippen LogP contribution >= 0.6 is 0 Å². The van der Waals surface area contributed by atoms with E-state index in [9.17, 15) is 19.2 Å². The second-order valence-electron chi connectivity index (χ2n) is 18.6. The summed E-state index contributed by atoms with van der Waals surface area (Å²) in [5.74, 6) is 2.33. The first-order valence-corrected chi connectivity index (χ1v) is 22.5. The van der Waals surface area contributed by atoms with Gasteiger partial charge in [0.05, 0.1) is 49.2 Å². The SMILES string of the molecule is COC(=O)NC(C(=O)N1C(c2nc3c(ccc4cc(-c5ccc(-c6cnc(C7C8CCC(C8)N7C(=O)C(NC(=O)OC)C7CCOCC7)[nH]6)cc5)ccc43)[nH]2)CC2C(C)C21)C(C)C. The molecule has 5 aliphatic rings. The number of amides is 4. The van der Waals surface area contributed by atoms with E-state index in [1.807, 2.05) is 29.8 Å². The summed E-state index contributed by atoms with van der Waals surface area (Å²) in [6, 6.07) is 17.5. The number of carbonyl (C=O) groups excluding carboxylic acids is 4. The summed E-state index contributed by atoms with van der Waals surface area (Å²) in [6.07, 6.45) is 5.77. The number of imidazole rings is 2. The first kappa shape index (κ1) is 41.1. The number of benzene rings is 3. The molecule has 5 aromatic rings. The summed E-state index contributed by atoms with van der Waals surface area (Å²) in [6.45, 7) is 7.18. The molecule has 63 heavy (non-hydrogen) atoms. The third-order valence-electron chi connectivity index (χ3n) is 14.8. The normalized spacial score (nSPS) is 26.2. The molecule has 0 radical (unpaired) electrons. The van der Waals surface area contributed by atoms with Gasteiger partial charge in [0.2, 0.25) is 11.8 Å². The van der Waals surface area contributed by atoms with Crippen LogP contribution in [0.5, 0.6) is 0 Å². The van der Waals surface area contributed by atoms with E-state index >= 15 is 0 Å². The summed E-state index contributed by atoms with van der Waals surface area (Å²) in [7, 11) is 2.63. The van der Waals surface area contributed by atoms with Crippen molar-refractivity contribution >= 4 is 45.8 Å². The number of piperidine rings is 2. The number of methoxy groups -OCH3 is 2. The van der Waals surface area contributed by atoms with Gasteiger partial charge in [0, 0.05) is 30.7 Å². The maximum Gasteiger partial charge on any atom is 0.407 e. The van der Waals surface area contributed by atoms with Crippen molar-refractivity contribution in [1.82, 2.24) is 40.4 Å². The van der Waals surface area contributed by atoms with E-state index in [4.69, 9.17) is 24.2 Å². The second-order valence-corrected chi connectivity index (χ2v) is 18.6. The van der Waals surface area contributed by atoms with Crippen molar-refractivity contribution in [3.8, 4) is 22.4 Å².